The zero-order chi connectivity index (χ0) is 11.1. The van der Waals surface area contributed by atoms with Gasteiger partial charge < -0.3 is 0 Å². The minimum Gasteiger partial charge on any atom is -0.285 e. The van der Waals surface area contributed by atoms with Crippen molar-refractivity contribution in [2.45, 2.75) is 26.7 Å². The van der Waals surface area contributed by atoms with Gasteiger partial charge >= 0.3 is 0 Å². The predicted molar refractivity (Wildman–Crippen MR) is 62.4 cm³/mol. The molecule has 0 aliphatic carbocycles. The summed E-state index contributed by atoms with van der Waals surface area (Å²) in [6, 6.07) is 9.60. The average Bonchev–Trinajstić information content (AvgIpc) is 2.29. The van der Waals surface area contributed by atoms with Gasteiger partial charge in [-0.3, -0.25) is 4.79 Å². The molecule has 15 heavy (non-hydrogen) atoms. The van der Waals surface area contributed by atoms with E-state index in [1.807, 2.05) is 44.2 Å². The summed E-state index contributed by atoms with van der Waals surface area (Å²) < 4.78 is 0. The van der Waals surface area contributed by atoms with Crippen LogP contribution < -0.4 is 0 Å². The highest BCUT2D eigenvalue weighted by Crippen LogP contribution is 2.08. The maximum Gasteiger partial charge on any atom is 0.208 e. The van der Waals surface area contributed by atoms with E-state index in [9.17, 15) is 4.79 Å². The van der Waals surface area contributed by atoms with Crippen LogP contribution in [0.2, 0.25) is 0 Å². The molecule has 0 spiro atoms. The van der Waals surface area contributed by atoms with Crippen molar-refractivity contribution in [1.29, 1.82) is 0 Å². The second-order valence-corrected chi connectivity index (χ2v) is 3.49. The van der Waals surface area contributed by atoms with Crippen LogP contribution in [0.15, 0.2) is 30.3 Å². The predicted octanol–water partition coefficient (Wildman–Crippen LogP) is 3.04. The Morgan fingerprint density at radius 3 is 2.33 bits per heavy atom. The van der Waals surface area contributed by atoms with E-state index in [0.29, 0.717) is 0 Å². The van der Waals surface area contributed by atoms with Gasteiger partial charge in [0.15, 0.2) is 0 Å². The molecule has 0 aromatic heterocycles. The molecule has 0 fully saturated rings. The number of rotatable bonds is 3. The standard InChI is InChI=1S/C14H16O/c1-3-13(4-2)14(15)11-10-12-8-6-5-7-9-12/h5-9,13H,3-4H2,1-2H3. The molecule has 0 atom stereocenters. The maximum absolute atomic E-state index is 11.6. The first-order valence-corrected chi connectivity index (χ1v) is 5.38. The molecule has 78 valence electrons. The van der Waals surface area contributed by atoms with Crippen LogP contribution in [0.4, 0.5) is 0 Å². The lowest BCUT2D eigenvalue weighted by Gasteiger charge is -2.04. The van der Waals surface area contributed by atoms with Crippen LogP contribution in [0.5, 0.6) is 0 Å². The SMILES string of the molecule is CCC(CC)C(=O)C#Cc1ccccc1. The van der Waals surface area contributed by atoms with E-state index in [-0.39, 0.29) is 11.7 Å². The Bertz CT molecular complexity index is 363. The van der Waals surface area contributed by atoms with Gasteiger partial charge in [-0.05, 0) is 30.9 Å². The van der Waals surface area contributed by atoms with E-state index < -0.39 is 0 Å². The topological polar surface area (TPSA) is 17.1 Å². The third-order valence-corrected chi connectivity index (χ3v) is 2.46. The number of hydrogen-bond donors (Lipinski definition) is 0. The summed E-state index contributed by atoms with van der Waals surface area (Å²) in [6.07, 6.45) is 1.75. The largest absolute Gasteiger partial charge is 0.285 e. The third kappa shape index (κ3) is 3.59. The molecule has 0 amide bonds. The van der Waals surface area contributed by atoms with Crippen LogP contribution >= 0.6 is 0 Å². The van der Waals surface area contributed by atoms with Gasteiger partial charge in [0.05, 0.1) is 0 Å². The number of carbonyl (C=O) groups excluding carboxylic acids is 1. The smallest absolute Gasteiger partial charge is 0.208 e. The molecule has 0 saturated heterocycles. The number of ketones is 1. The normalized spacial score (nSPS) is 9.53. The highest BCUT2D eigenvalue weighted by atomic mass is 16.1. The fraction of sp³-hybridized carbons (Fsp3) is 0.357. The zero-order valence-corrected chi connectivity index (χ0v) is 9.29. The maximum atomic E-state index is 11.6. The van der Waals surface area contributed by atoms with Crippen LogP contribution in [-0.2, 0) is 4.79 Å². The van der Waals surface area contributed by atoms with Crippen molar-refractivity contribution in [2.24, 2.45) is 5.92 Å². The zero-order valence-electron chi connectivity index (χ0n) is 9.29. The number of carbonyl (C=O) groups is 1. The summed E-state index contributed by atoms with van der Waals surface area (Å²) in [7, 11) is 0. The molecule has 1 nitrogen and oxygen atoms in total. The molecule has 1 aromatic carbocycles. The Labute approximate surface area is 91.5 Å². The molecule has 0 aliphatic heterocycles. The molecule has 0 saturated carbocycles. The van der Waals surface area contributed by atoms with E-state index in [4.69, 9.17) is 0 Å². The molecule has 0 bridgehead atoms. The Kier molecular flexibility index (Phi) is 4.63. The summed E-state index contributed by atoms with van der Waals surface area (Å²) in [4.78, 5) is 11.6. The van der Waals surface area contributed by atoms with Crippen molar-refractivity contribution < 1.29 is 4.79 Å². The molecule has 0 unspecified atom stereocenters. The molecule has 0 heterocycles. The van der Waals surface area contributed by atoms with E-state index in [1.165, 1.54) is 0 Å². The van der Waals surface area contributed by atoms with Gasteiger partial charge in [-0.1, -0.05) is 38.0 Å². The van der Waals surface area contributed by atoms with Crippen molar-refractivity contribution in [2.75, 3.05) is 0 Å². The van der Waals surface area contributed by atoms with Crippen LogP contribution in [0.3, 0.4) is 0 Å². The number of hydrogen-bond acceptors (Lipinski definition) is 1. The van der Waals surface area contributed by atoms with Crippen molar-refractivity contribution >= 4 is 5.78 Å². The van der Waals surface area contributed by atoms with Crippen LogP contribution in [0.1, 0.15) is 32.3 Å². The van der Waals surface area contributed by atoms with Crippen molar-refractivity contribution in [1.82, 2.24) is 0 Å². The molecule has 1 aromatic rings. The third-order valence-electron chi connectivity index (χ3n) is 2.46. The van der Waals surface area contributed by atoms with E-state index in [1.54, 1.807) is 0 Å². The molecule has 1 heteroatoms. The molecule has 1 rings (SSSR count). The van der Waals surface area contributed by atoms with Gasteiger partial charge in [-0.25, -0.2) is 0 Å². The van der Waals surface area contributed by atoms with E-state index in [2.05, 4.69) is 11.8 Å². The van der Waals surface area contributed by atoms with Gasteiger partial charge in [0.25, 0.3) is 0 Å². The highest BCUT2D eigenvalue weighted by Gasteiger charge is 2.10. The molecule has 0 radical (unpaired) electrons. The number of Topliss-reactive ketones (excluding diaryl/α,β-unsaturated/α-hetero) is 1. The van der Waals surface area contributed by atoms with E-state index in [0.717, 1.165) is 18.4 Å². The van der Waals surface area contributed by atoms with E-state index >= 15 is 0 Å². The van der Waals surface area contributed by atoms with Gasteiger partial charge in [0.2, 0.25) is 5.78 Å². The van der Waals surface area contributed by atoms with Crippen molar-refractivity contribution in [3.05, 3.63) is 35.9 Å². The van der Waals surface area contributed by atoms with Gasteiger partial charge in [-0.2, -0.15) is 0 Å². The minimum absolute atomic E-state index is 0.0591. The monoisotopic (exact) mass is 200 g/mol. The summed E-state index contributed by atoms with van der Waals surface area (Å²) in [6.45, 7) is 4.05. The Morgan fingerprint density at radius 1 is 1.20 bits per heavy atom. The van der Waals surface area contributed by atoms with Gasteiger partial charge in [0, 0.05) is 11.5 Å². The Hall–Kier alpha value is -1.55. The quantitative estimate of drug-likeness (QED) is 0.685. The summed E-state index contributed by atoms with van der Waals surface area (Å²) in [5, 5.41) is 0. The van der Waals surface area contributed by atoms with Crippen molar-refractivity contribution in [3.8, 4) is 11.8 Å². The first kappa shape index (κ1) is 11.5. The van der Waals surface area contributed by atoms with Gasteiger partial charge in [-0.15, -0.1) is 0 Å². The minimum atomic E-state index is 0.0591. The summed E-state index contributed by atoms with van der Waals surface area (Å²) >= 11 is 0. The second kappa shape index (κ2) is 6.03. The number of benzene rings is 1. The molecule has 0 N–H and O–H groups in total. The van der Waals surface area contributed by atoms with Crippen LogP contribution in [0, 0.1) is 17.8 Å². The van der Waals surface area contributed by atoms with Gasteiger partial charge in [0.1, 0.15) is 0 Å². The first-order chi connectivity index (χ1) is 7.27. The highest BCUT2D eigenvalue weighted by molar-refractivity contribution is 5.97. The first-order valence-electron chi connectivity index (χ1n) is 5.38. The Balaban J connectivity index is 2.70. The molecular formula is C14H16O. The molecular weight excluding hydrogens is 184 g/mol. The fourth-order valence-electron chi connectivity index (χ4n) is 1.42. The second-order valence-electron chi connectivity index (χ2n) is 3.49. The molecule has 0 aliphatic rings. The summed E-state index contributed by atoms with van der Waals surface area (Å²) in [5.41, 5.74) is 0.900. The Morgan fingerprint density at radius 2 is 1.80 bits per heavy atom. The lowest BCUT2D eigenvalue weighted by atomic mass is 9.98. The lowest BCUT2D eigenvalue weighted by molar-refractivity contribution is -0.117. The lowest BCUT2D eigenvalue weighted by Crippen LogP contribution is -2.09. The van der Waals surface area contributed by atoms with Crippen LogP contribution in [0.25, 0.3) is 0 Å². The fourth-order valence-corrected chi connectivity index (χ4v) is 1.42. The average molecular weight is 200 g/mol. The van der Waals surface area contributed by atoms with Crippen molar-refractivity contribution in [3.63, 3.8) is 0 Å². The van der Waals surface area contributed by atoms with Crippen LogP contribution in [-0.4, -0.2) is 5.78 Å². The summed E-state index contributed by atoms with van der Waals surface area (Å²) in [5.74, 6) is 5.76.